The Kier molecular flexibility index (Phi) is 2.19. The van der Waals surface area contributed by atoms with Gasteiger partial charge in [0.1, 0.15) is 11.6 Å². The maximum atomic E-state index is 13.7. The second-order valence-electron chi connectivity index (χ2n) is 3.63. The van der Waals surface area contributed by atoms with Crippen LogP contribution in [0.2, 0.25) is 0 Å². The molecule has 7 heteroatoms. The third kappa shape index (κ3) is 1.48. The van der Waals surface area contributed by atoms with E-state index in [0.717, 1.165) is 16.6 Å². The average molecular weight is 248 g/mol. The minimum Gasteiger partial charge on any atom is -0.296 e. The summed E-state index contributed by atoms with van der Waals surface area (Å²) in [5, 5.41) is 3.81. The second kappa shape index (κ2) is 3.73. The fraction of sp³-hybridized carbons (Fsp3) is 0. The Balaban J connectivity index is 2.32. The Bertz CT molecular complexity index is 793. The van der Waals surface area contributed by atoms with Gasteiger partial charge in [-0.1, -0.05) is 0 Å². The van der Waals surface area contributed by atoms with E-state index in [9.17, 15) is 13.6 Å². The summed E-state index contributed by atoms with van der Waals surface area (Å²) in [6, 6.07) is 3.19. The molecule has 90 valence electrons. The predicted molar refractivity (Wildman–Crippen MR) is 59.0 cm³/mol. The van der Waals surface area contributed by atoms with Crippen LogP contribution in [0.25, 0.3) is 16.8 Å². The number of halogens is 2. The number of aromatic nitrogens is 4. The summed E-state index contributed by atoms with van der Waals surface area (Å²) in [4.78, 5) is 17.7. The maximum absolute atomic E-state index is 13.7. The number of fused-ring (bicyclic) bond motifs is 1. The quantitative estimate of drug-likeness (QED) is 0.707. The van der Waals surface area contributed by atoms with Crippen molar-refractivity contribution in [3.05, 3.63) is 52.8 Å². The average Bonchev–Trinajstić information content (AvgIpc) is 2.74. The predicted octanol–water partition coefficient (Wildman–Crippen LogP) is 1.36. The molecule has 0 amide bonds. The first-order valence-electron chi connectivity index (χ1n) is 5.03. The van der Waals surface area contributed by atoms with Crippen LogP contribution in [-0.2, 0) is 0 Å². The van der Waals surface area contributed by atoms with Crippen molar-refractivity contribution in [1.82, 2.24) is 19.6 Å². The van der Waals surface area contributed by atoms with Gasteiger partial charge in [-0.2, -0.15) is 9.61 Å². The molecule has 2 heterocycles. The molecule has 0 saturated carbocycles. The van der Waals surface area contributed by atoms with Gasteiger partial charge in [0.2, 0.25) is 0 Å². The Morgan fingerprint density at radius 3 is 2.83 bits per heavy atom. The normalized spacial score (nSPS) is 11.0. The van der Waals surface area contributed by atoms with E-state index in [1.807, 2.05) is 0 Å². The van der Waals surface area contributed by atoms with E-state index in [2.05, 4.69) is 15.1 Å². The number of H-pyrrole nitrogens is 1. The molecule has 0 unspecified atom stereocenters. The molecule has 0 aliphatic rings. The van der Waals surface area contributed by atoms with Crippen molar-refractivity contribution in [3.63, 3.8) is 0 Å². The molecule has 0 atom stereocenters. The molecule has 0 spiro atoms. The third-order valence-corrected chi connectivity index (χ3v) is 2.53. The lowest BCUT2D eigenvalue weighted by atomic mass is 10.1. The summed E-state index contributed by atoms with van der Waals surface area (Å²) in [5.41, 5.74) is 0.209. The Hall–Kier alpha value is -2.57. The van der Waals surface area contributed by atoms with E-state index >= 15 is 0 Å². The topological polar surface area (TPSA) is 63.0 Å². The van der Waals surface area contributed by atoms with Crippen LogP contribution in [0.1, 0.15) is 0 Å². The lowest BCUT2D eigenvalue weighted by Gasteiger charge is -2.00. The van der Waals surface area contributed by atoms with E-state index in [4.69, 9.17) is 0 Å². The van der Waals surface area contributed by atoms with E-state index in [-0.39, 0.29) is 11.2 Å². The zero-order valence-corrected chi connectivity index (χ0v) is 8.89. The standard InChI is InChI=1S/C11H6F2N4O/c12-6-1-2-7(9(13)3-6)8-4-16-17-10(8)14-5-15-11(17)18/h1-5H,(H,14,15,18). The second-order valence-corrected chi connectivity index (χ2v) is 3.63. The number of aromatic amines is 1. The Labute approximate surface area is 98.7 Å². The highest BCUT2D eigenvalue weighted by molar-refractivity contribution is 5.76. The molecule has 0 radical (unpaired) electrons. The molecule has 0 saturated heterocycles. The molecule has 3 aromatic rings. The number of nitrogens with zero attached hydrogens (tertiary/aromatic N) is 3. The fourth-order valence-electron chi connectivity index (χ4n) is 1.72. The molecule has 0 aliphatic carbocycles. The summed E-state index contributed by atoms with van der Waals surface area (Å²) in [6.45, 7) is 0. The maximum Gasteiger partial charge on any atom is 0.349 e. The van der Waals surface area contributed by atoms with Gasteiger partial charge in [-0.05, 0) is 12.1 Å². The van der Waals surface area contributed by atoms with Crippen molar-refractivity contribution >= 4 is 5.65 Å². The molecular weight excluding hydrogens is 242 g/mol. The van der Waals surface area contributed by atoms with Gasteiger partial charge < -0.3 is 0 Å². The number of hydrogen-bond donors (Lipinski definition) is 1. The van der Waals surface area contributed by atoms with Crippen LogP contribution < -0.4 is 5.69 Å². The zero-order valence-electron chi connectivity index (χ0n) is 8.89. The molecule has 1 N–H and O–H groups in total. The first kappa shape index (κ1) is 10.6. The zero-order chi connectivity index (χ0) is 12.7. The van der Waals surface area contributed by atoms with Crippen molar-refractivity contribution in [2.75, 3.05) is 0 Å². The lowest BCUT2D eigenvalue weighted by molar-refractivity contribution is 0.585. The van der Waals surface area contributed by atoms with E-state index in [1.165, 1.54) is 18.6 Å². The van der Waals surface area contributed by atoms with Crippen molar-refractivity contribution in [2.24, 2.45) is 0 Å². The van der Waals surface area contributed by atoms with Gasteiger partial charge in [0.25, 0.3) is 0 Å². The van der Waals surface area contributed by atoms with E-state index in [1.54, 1.807) is 0 Å². The van der Waals surface area contributed by atoms with Crippen LogP contribution in [-0.4, -0.2) is 19.6 Å². The number of hydrogen-bond acceptors (Lipinski definition) is 3. The largest absolute Gasteiger partial charge is 0.349 e. The SMILES string of the molecule is O=c1[nH]cnc2c(-c3ccc(F)cc3F)cnn12. The van der Waals surface area contributed by atoms with Crippen molar-refractivity contribution < 1.29 is 8.78 Å². The first-order valence-corrected chi connectivity index (χ1v) is 5.03. The minimum absolute atomic E-state index is 0.143. The van der Waals surface area contributed by atoms with Crippen LogP contribution in [0.4, 0.5) is 8.78 Å². The molecule has 5 nitrogen and oxygen atoms in total. The smallest absolute Gasteiger partial charge is 0.296 e. The van der Waals surface area contributed by atoms with Crippen molar-refractivity contribution in [3.8, 4) is 11.1 Å². The van der Waals surface area contributed by atoms with Gasteiger partial charge in [-0.3, -0.25) is 4.98 Å². The van der Waals surface area contributed by atoms with Gasteiger partial charge in [0, 0.05) is 17.2 Å². The summed E-state index contributed by atoms with van der Waals surface area (Å²) < 4.78 is 27.5. The van der Waals surface area contributed by atoms with Crippen molar-refractivity contribution in [1.29, 1.82) is 0 Å². The molecule has 0 fully saturated rings. The number of benzene rings is 1. The van der Waals surface area contributed by atoms with Crippen LogP contribution in [0, 0.1) is 11.6 Å². The van der Waals surface area contributed by atoms with Crippen LogP contribution >= 0.6 is 0 Å². The first-order chi connectivity index (χ1) is 8.66. The Morgan fingerprint density at radius 2 is 2.06 bits per heavy atom. The molecule has 3 rings (SSSR count). The summed E-state index contributed by atoms with van der Waals surface area (Å²) in [5.74, 6) is -1.40. The van der Waals surface area contributed by atoms with Gasteiger partial charge in [0.05, 0.1) is 12.5 Å². The summed E-state index contributed by atoms with van der Waals surface area (Å²) >= 11 is 0. The highest BCUT2D eigenvalue weighted by atomic mass is 19.1. The summed E-state index contributed by atoms with van der Waals surface area (Å²) in [7, 11) is 0. The van der Waals surface area contributed by atoms with Crippen LogP contribution in [0.5, 0.6) is 0 Å². The minimum atomic E-state index is -0.730. The molecule has 18 heavy (non-hydrogen) atoms. The van der Waals surface area contributed by atoms with Crippen LogP contribution in [0.3, 0.4) is 0 Å². The number of nitrogens with one attached hydrogen (secondary N) is 1. The monoisotopic (exact) mass is 248 g/mol. The van der Waals surface area contributed by atoms with Crippen molar-refractivity contribution in [2.45, 2.75) is 0 Å². The number of rotatable bonds is 1. The van der Waals surface area contributed by atoms with Gasteiger partial charge in [0.15, 0.2) is 5.65 Å². The summed E-state index contributed by atoms with van der Waals surface area (Å²) in [6.07, 6.45) is 2.51. The lowest BCUT2D eigenvalue weighted by Crippen LogP contribution is -2.17. The molecule has 2 aromatic heterocycles. The molecule has 0 bridgehead atoms. The third-order valence-electron chi connectivity index (χ3n) is 2.53. The highest BCUT2D eigenvalue weighted by Gasteiger charge is 2.13. The fourth-order valence-corrected chi connectivity index (χ4v) is 1.72. The molecular formula is C11H6F2N4O. The van der Waals surface area contributed by atoms with Gasteiger partial charge in [-0.25, -0.2) is 18.6 Å². The molecule has 0 aliphatic heterocycles. The van der Waals surface area contributed by atoms with E-state index < -0.39 is 17.3 Å². The Morgan fingerprint density at radius 1 is 1.22 bits per heavy atom. The molecule has 1 aromatic carbocycles. The highest BCUT2D eigenvalue weighted by Crippen LogP contribution is 2.25. The van der Waals surface area contributed by atoms with Gasteiger partial charge >= 0.3 is 5.69 Å². The van der Waals surface area contributed by atoms with Gasteiger partial charge in [-0.15, -0.1) is 0 Å². The van der Waals surface area contributed by atoms with E-state index in [0.29, 0.717) is 5.56 Å². The van der Waals surface area contributed by atoms with Crippen LogP contribution in [0.15, 0.2) is 35.5 Å².